The molecule has 0 bridgehead atoms. The second-order valence-corrected chi connectivity index (χ2v) is 3.08. The van der Waals surface area contributed by atoms with Gasteiger partial charge in [0.2, 0.25) is 0 Å². The zero-order valence-electron chi connectivity index (χ0n) is 7.09. The van der Waals surface area contributed by atoms with Crippen molar-refractivity contribution in [3.05, 3.63) is 11.8 Å². The molecule has 0 amide bonds. The van der Waals surface area contributed by atoms with Crippen molar-refractivity contribution in [3.63, 3.8) is 0 Å². The fourth-order valence-corrected chi connectivity index (χ4v) is 1.33. The van der Waals surface area contributed by atoms with Crippen molar-refractivity contribution in [2.45, 2.75) is 26.2 Å². The normalized spacial score (nSPS) is 25.8. The highest BCUT2D eigenvalue weighted by atomic mass is 16.5. The Morgan fingerprint density at radius 2 is 2.36 bits per heavy atom. The molecule has 0 aromatic carbocycles. The summed E-state index contributed by atoms with van der Waals surface area (Å²) in [6.07, 6.45) is 4.60. The average molecular weight is 154 g/mol. The van der Waals surface area contributed by atoms with Gasteiger partial charge in [-0.2, -0.15) is 0 Å². The summed E-state index contributed by atoms with van der Waals surface area (Å²) in [4.78, 5) is 11.3. The maximum Gasteiger partial charge on any atom is 0.197 e. The van der Waals surface area contributed by atoms with Crippen LogP contribution in [0.4, 0.5) is 0 Å². The highest BCUT2D eigenvalue weighted by Gasteiger charge is 2.16. The van der Waals surface area contributed by atoms with E-state index in [9.17, 15) is 4.79 Å². The summed E-state index contributed by atoms with van der Waals surface area (Å²) in [6.45, 7) is 2.10. The Bertz CT molecular complexity index is 182. The minimum atomic E-state index is 0.150. The number of carbonyl (C=O) groups excluding carboxylic acids is 1. The zero-order valence-corrected chi connectivity index (χ0v) is 7.09. The van der Waals surface area contributed by atoms with Crippen LogP contribution in [0.3, 0.4) is 0 Å². The molecular formula is C9H14O2. The first-order valence-corrected chi connectivity index (χ1v) is 4.01. The topological polar surface area (TPSA) is 26.3 Å². The molecule has 0 saturated heterocycles. The molecule has 0 N–H and O–H groups in total. The Morgan fingerprint density at radius 3 is 3.00 bits per heavy atom. The van der Waals surface area contributed by atoms with Gasteiger partial charge in [-0.3, -0.25) is 4.79 Å². The van der Waals surface area contributed by atoms with Crippen LogP contribution in [0.5, 0.6) is 0 Å². The van der Waals surface area contributed by atoms with Crippen LogP contribution in [0.2, 0.25) is 0 Å². The number of hydrogen-bond acceptors (Lipinski definition) is 2. The summed E-state index contributed by atoms with van der Waals surface area (Å²) >= 11 is 0. The minimum absolute atomic E-state index is 0.150. The molecule has 0 radical (unpaired) electrons. The van der Waals surface area contributed by atoms with Crippen molar-refractivity contribution >= 4 is 5.78 Å². The van der Waals surface area contributed by atoms with Crippen LogP contribution in [0, 0.1) is 5.92 Å². The SMILES string of the molecule is COC1=CCCC(C)CC1=O. The van der Waals surface area contributed by atoms with Gasteiger partial charge in [0.05, 0.1) is 7.11 Å². The van der Waals surface area contributed by atoms with Gasteiger partial charge in [0.1, 0.15) is 0 Å². The lowest BCUT2D eigenvalue weighted by atomic mass is 10.0. The highest BCUT2D eigenvalue weighted by Crippen LogP contribution is 2.19. The Kier molecular flexibility index (Phi) is 2.69. The molecule has 2 heteroatoms. The van der Waals surface area contributed by atoms with E-state index >= 15 is 0 Å². The number of allylic oxidation sites excluding steroid dienone is 2. The molecule has 1 aliphatic carbocycles. The third-order valence-electron chi connectivity index (χ3n) is 2.02. The molecular weight excluding hydrogens is 140 g/mol. The first-order chi connectivity index (χ1) is 5.24. The van der Waals surface area contributed by atoms with Crippen molar-refractivity contribution < 1.29 is 9.53 Å². The van der Waals surface area contributed by atoms with Crippen LogP contribution < -0.4 is 0 Å². The first-order valence-electron chi connectivity index (χ1n) is 4.01. The molecule has 1 unspecified atom stereocenters. The molecule has 0 saturated carbocycles. The lowest BCUT2D eigenvalue weighted by Crippen LogP contribution is -2.06. The Morgan fingerprint density at radius 1 is 1.64 bits per heavy atom. The Balaban J connectivity index is 2.65. The molecule has 2 nitrogen and oxygen atoms in total. The monoisotopic (exact) mass is 154 g/mol. The Hall–Kier alpha value is -0.790. The van der Waals surface area contributed by atoms with Crippen molar-refractivity contribution in [1.29, 1.82) is 0 Å². The molecule has 11 heavy (non-hydrogen) atoms. The van der Waals surface area contributed by atoms with Gasteiger partial charge >= 0.3 is 0 Å². The van der Waals surface area contributed by atoms with Gasteiger partial charge in [0.15, 0.2) is 11.5 Å². The van der Waals surface area contributed by atoms with E-state index in [-0.39, 0.29) is 5.78 Å². The number of ketones is 1. The summed E-state index contributed by atoms with van der Waals surface area (Å²) in [5.41, 5.74) is 0. The molecule has 1 atom stereocenters. The molecule has 0 aliphatic heterocycles. The van der Waals surface area contributed by atoms with Gasteiger partial charge in [-0.15, -0.1) is 0 Å². The summed E-state index contributed by atoms with van der Waals surface area (Å²) in [5.74, 6) is 1.21. The van der Waals surface area contributed by atoms with Gasteiger partial charge in [0.25, 0.3) is 0 Å². The lowest BCUT2D eigenvalue weighted by molar-refractivity contribution is -0.119. The number of Topliss-reactive ketones (excluding diaryl/α,β-unsaturated/α-hetero) is 1. The van der Waals surface area contributed by atoms with Gasteiger partial charge in [-0.1, -0.05) is 6.92 Å². The smallest absolute Gasteiger partial charge is 0.197 e. The number of methoxy groups -OCH3 is 1. The van der Waals surface area contributed by atoms with E-state index in [1.54, 1.807) is 7.11 Å². The number of carbonyl (C=O) groups is 1. The second kappa shape index (κ2) is 3.56. The fourth-order valence-electron chi connectivity index (χ4n) is 1.33. The average Bonchev–Trinajstić information content (AvgIpc) is 2.11. The molecule has 0 fully saturated rings. The number of ether oxygens (including phenoxy) is 1. The van der Waals surface area contributed by atoms with E-state index in [1.165, 1.54) is 0 Å². The first kappa shape index (κ1) is 8.31. The van der Waals surface area contributed by atoms with Gasteiger partial charge in [-0.25, -0.2) is 0 Å². The minimum Gasteiger partial charge on any atom is -0.493 e. The van der Waals surface area contributed by atoms with E-state index in [2.05, 4.69) is 6.92 Å². The standard InChI is InChI=1S/C9H14O2/c1-7-4-3-5-9(11-2)8(10)6-7/h5,7H,3-4,6H2,1-2H3. The maximum atomic E-state index is 11.3. The van der Waals surface area contributed by atoms with Gasteiger partial charge < -0.3 is 4.74 Å². The van der Waals surface area contributed by atoms with Gasteiger partial charge in [0, 0.05) is 6.42 Å². The second-order valence-electron chi connectivity index (χ2n) is 3.08. The van der Waals surface area contributed by atoms with Crippen LogP contribution in [0.1, 0.15) is 26.2 Å². The molecule has 0 aromatic heterocycles. The summed E-state index contributed by atoms with van der Waals surface area (Å²) in [6, 6.07) is 0. The van der Waals surface area contributed by atoms with Crippen molar-refractivity contribution in [3.8, 4) is 0 Å². The van der Waals surface area contributed by atoms with Crippen LogP contribution in [0.15, 0.2) is 11.8 Å². The third kappa shape index (κ3) is 2.07. The molecule has 1 aliphatic rings. The van der Waals surface area contributed by atoms with E-state index < -0.39 is 0 Å². The summed E-state index contributed by atoms with van der Waals surface area (Å²) < 4.78 is 4.94. The summed E-state index contributed by atoms with van der Waals surface area (Å²) in [5, 5.41) is 0. The van der Waals surface area contributed by atoms with E-state index in [0.717, 1.165) is 12.8 Å². The predicted octanol–water partition coefficient (Wildman–Crippen LogP) is 1.91. The molecule has 0 spiro atoms. The van der Waals surface area contributed by atoms with Crippen LogP contribution in [-0.4, -0.2) is 12.9 Å². The van der Waals surface area contributed by atoms with Crippen molar-refractivity contribution in [1.82, 2.24) is 0 Å². The molecule has 1 rings (SSSR count). The van der Waals surface area contributed by atoms with Crippen molar-refractivity contribution in [2.24, 2.45) is 5.92 Å². The van der Waals surface area contributed by atoms with E-state index in [1.807, 2.05) is 6.08 Å². The zero-order chi connectivity index (χ0) is 8.27. The number of rotatable bonds is 1. The van der Waals surface area contributed by atoms with E-state index in [0.29, 0.717) is 18.1 Å². The van der Waals surface area contributed by atoms with Crippen LogP contribution in [0.25, 0.3) is 0 Å². The van der Waals surface area contributed by atoms with Gasteiger partial charge in [-0.05, 0) is 24.8 Å². The van der Waals surface area contributed by atoms with E-state index in [4.69, 9.17) is 4.74 Å². The number of hydrogen-bond donors (Lipinski definition) is 0. The molecule has 0 aromatic rings. The van der Waals surface area contributed by atoms with Crippen molar-refractivity contribution in [2.75, 3.05) is 7.11 Å². The van der Waals surface area contributed by atoms with Crippen LogP contribution >= 0.6 is 0 Å². The fraction of sp³-hybridized carbons (Fsp3) is 0.667. The van der Waals surface area contributed by atoms with Crippen LogP contribution in [-0.2, 0) is 9.53 Å². The third-order valence-corrected chi connectivity index (χ3v) is 2.02. The largest absolute Gasteiger partial charge is 0.493 e. The Labute approximate surface area is 67.2 Å². The lowest BCUT2D eigenvalue weighted by Gasteiger charge is -2.04. The molecule has 0 heterocycles. The maximum absolute atomic E-state index is 11.3. The predicted molar refractivity (Wildman–Crippen MR) is 43.1 cm³/mol. The highest BCUT2D eigenvalue weighted by molar-refractivity contribution is 5.93. The quantitative estimate of drug-likeness (QED) is 0.576. The molecule has 62 valence electrons. The summed E-state index contributed by atoms with van der Waals surface area (Å²) in [7, 11) is 1.56.